The molecule has 0 rings (SSSR count). The van der Waals surface area contributed by atoms with Crippen molar-refractivity contribution in [2.24, 2.45) is 17.8 Å². The molecule has 0 saturated carbocycles. The Labute approximate surface area is 79.1 Å². The average Bonchev–Trinajstić information content (AvgIpc) is 2.00. The third kappa shape index (κ3) is 4.06. The van der Waals surface area contributed by atoms with Crippen LogP contribution in [-0.2, 0) is 9.59 Å². The predicted octanol–water partition coefficient (Wildman–Crippen LogP) is 1.96. The number of ketones is 1. The molecule has 2 atom stereocenters. The fourth-order valence-electron chi connectivity index (χ4n) is 1.08. The van der Waals surface area contributed by atoms with Crippen molar-refractivity contribution in [1.29, 1.82) is 0 Å². The van der Waals surface area contributed by atoms with E-state index in [-0.39, 0.29) is 11.7 Å². The normalized spacial score (nSPS) is 15.5. The fourth-order valence-corrected chi connectivity index (χ4v) is 1.08. The highest BCUT2D eigenvalue weighted by Crippen LogP contribution is 2.16. The van der Waals surface area contributed by atoms with Crippen LogP contribution < -0.4 is 0 Å². The lowest BCUT2D eigenvalue weighted by molar-refractivity contribution is -0.145. The number of hydrogen-bond acceptors (Lipinski definition) is 2. The van der Waals surface area contributed by atoms with Crippen LogP contribution in [0.1, 0.15) is 34.1 Å². The van der Waals surface area contributed by atoms with E-state index in [4.69, 9.17) is 5.11 Å². The minimum absolute atomic E-state index is 0.0462. The molecule has 0 heterocycles. The molecule has 3 nitrogen and oxygen atoms in total. The van der Waals surface area contributed by atoms with Gasteiger partial charge in [0.1, 0.15) is 5.78 Å². The molecule has 0 amide bonds. The van der Waals surface area contributed by atoms with E-state index in [2.05, 4.69) is 0 Å². The monoisotopic (exact) mass is 186 g/mol. The molecule has 0 aromatic rings. The Morgan fingerprint density at radius 3 is 1.85 bits per heavy atom. The maximum absolute atomic E-state index is 11.4. The number of aliphatic carboxylic acids is 1. The number of carbonyl (C=O) groups excluding carboxylic acids is 1. The predicted molar refractivity (Wildman–Crippen MR) is 50.4 cm³/mol. The first-order valence-corrected chi connectivity index (χ1v) is 4.61. The molecule has 0 bridgehead atoms. The van der Waals surface area contributed by atoms with E-state index in [1.54, 1.807) is 13.8 Å². The van der Waals surface area contributed by atoms with Crippen LogP contribution in [0.3, 0.4) is 0 Å². The molecule has 76 valence electrons. The molecular formula is C10H18O3. The van der Waals surface area contributed by atoms with E-state index in [1.165, 1.54) is 0 Å². The second kappa shape index (κ2) is 5.00. The van der Waals surface area contributed by atoms with E-state index in [9.17, 15) is 9.59 Å². The van der Waals surface area contributed by atoms with Crippen molar-refractivity contribution in [3.8, 4) is 0 Å². The van der Waals surface area contributed by atoms with Gasteiger partial charge in [0.25, 0.3) is 0 Å². The van der Waals surface area contributed by atoms with Crippen LogP contribution in [0.4, 0.5) is 0 Å². The Bertz CT molecular complexity index is 196. The van der Waals surface area contributed by atoms with E-state index in [0.29, 0.717) is 12.3 Å². The third-order valence-corrected chi connectivity index (χ3v) is 2.26. The zero-order valence-corrected chi connectivity index (χ0v) is 8.70. The molecule has 0 aliphatic heterocycles. The molecular weight excluding hydrogens is 168 g/mol. The molecule has 0 aromatic carbocycles. The van der Waals surface area contributed by atoms with Gasteiger partial charge in [-0.3, -0.25) is 9.59 Å². The number of carbonyl (C=O) groups is 2. The lowest BCUT2D eigenvalue weighted by atomic mass is 9.88. The van der Waals surface area contributed by atoms with Gasteiger partial charge in [-0.05, 0) is 5.92 Å². The zero-order valence-electron chi connectivity index (χ0n) is 8.70. The molecule has 13 heavy (non-hydrogen) atoms. The minimum atomic E-state index is -0.899. The van der Waals surface area contributed by atoms with Crippen molar-refractivity contribution < 1.29 is 14.7 Å². The van der Waals surface area contributed by atoms with Gasteiger partial charge < -0.3 is 5.11 Å². The van der Waals surface area contributed by atoms with Crippen LogP contribution in [0, 0.1) is 17.8 Å². The summed E-state index contributed by atoms with van der Waals surface area (Å²) in [7, 11) is 0. The van der Waals surface area contributed by atoms with Crippen LogP contribution in [0.25, 0.3) is 0 Å². The number of carboxylic acids is 1. The molecule has 0 saturated heterocycles. The smallest absolute Gasteiger partial charge is 0.306 e. The molecule has 2 unspecified atom stereocenters. The van der Waals surface area contributed by atoms with Crippen molar-refractivity contribution in [1.82, 2.24) is 0 Å². The van der Waals surface area contributed by atoms with Crippen molar-refractivity contribution in [2.75, 3.05) is 0 Å². The lowest BCUT2D eigenvalue weighted by Crippen LogP contribution is -2.26. The van der Waals surface area contributed by atoms with Crippen molar-refractivity contribution in [3.05, 3.63) is 0 Å². The maximum atomic E-state index is 11.4. The van der Waals surface area contributed by atoms with E-state index in [0.717, 1.165) is 0 Å². The second-order valence-corrected chi connectivity index (χ2v) is 3.98. The zero-order chi connectivity index (χ0) is 10.6. The SMILES string of the molecule is CC(C)CC(=O)C(C)C(C)C(=O)O. The lowest BCUT2D eigenvalue weighted by Gasteiger charge is -2.15. The molecule has 1 N–H and O–H groups in total. The summed E-state index contributed by atoms with van der Waals surface area (Å²) in [6, 6.07) is 0. The first-order valence-electron chi connectivity index (χ1n) is 4.61. The van der Waals surface area contributed by atoms with Crippen molar-refractivity contribution >= 4 is 11.8 Å². The summed E-state index contributed by atoms with van der Waals surface area (Å²) in [5, 5.41) is 8.68. The molecule has 3 heteroatoms. The number of hydrogen-bond donors (Lipinski definition) is 1. The van der Waals surface area contributed by atoms with Crippen LogP contribution in [0.5, 0.6) is 0 Å². The van der Waals surface area contributed by atoms with Crippen LogP contribution in [-0.4, -0.2) is 16.9 Å². The van der Waals surface area contributed by atoms with Crippen LogP contribution in [0.2, 0.25) is 0 Å². The molecule has 0 spiro atoms. The largest absolute Gasteiger partial charge is 0.481 e. The summed E-state index contributed by atoms with van der Waals surface area (Å²) in [6.45, 7) is 7.17. The van der Waals surface area contributed by atoms with Gasteiger partial charge in [0.2, 0.25) is 0 Å². The van der Waals surface area contributed by atoms with Gasteiger partial charge in [-0.1, -0.05) is 27.7 Å². The summed E-state index contributed by atoms with van der Waals surface area (Å²) >= 11 is 0. The Hall–Kier alpha value is -0.860. The molecule has 0 radical (unpaired) electrons. The van der Waals surface area contributed by atoms with Gasteiger partial charge in [0, 0.05) is 12.3 Å². The highest BCUT2D eigenvalue weighted by molar-refractivity contribution is 5.85. The summed E-state index contributed by atoms with van der Waals surface area (Å²) in [5.41, 5.74) is 0. The summed E-state index contributed by atoms with van der Waals surface area (Å²) in [6.07, 6.45) is 0.471. The summed E-state index contributed by atoms with van der Waals surface area (Å²) in [5.74, 6) is -1.50. The molecule has 0 fully saturated rings. The van der Waals surface area contributed by atoms with Crippen molar-refractivity contribution in [2.45, 2.75) is 34.1 Å². The van der Waals surface area contributed by atoms with Gasteiger partial charge in [-0.15, -0.1) is 0 Å². The minimum Gasteiger partial charge on any atom is -0.481 e. The number of Topliss-reactive ketones (excluding diaryl/α,β-unsaturated/α-hetero) is 1. The Balaban J connectivity index is 4.17. The van der Waals surface area contributed by atoms with Gasteiger partial charge >= 0.3 is 5.97 Å². The highest BCUT2D eigenvalue weighted by atomic mass is 16.4. The van der Waals surface area contributed by atoms with E-state index in [1.807, 2.05) is 13.8 Å². The van der Waals surface area contributed by atoms with Crippen LogP contribution in [0.15, 0.2) is 0 Å². The van der Waals surface area contributed by atoms with Gasteiger partial charge in [-0.2, -0.15) is 0 Å². The summed E-state index contributed by atoms with van der Waals surface area (Å²) < 4.78 is 0. The Morgan fingerprint density at radius 2 is 1.54 bits per heavy atom. The van der Waals surface area contributed by atoms with E-state index < -0.39 is 11.9 Å². The quantitative estimate of drug-likeness (QED) is 0.714. The molecule has 0 aromatic heterocycles. The van der Waals surface area contributed by atoms with Gasteiger partial charge in [0.15, 0.2) is 0 Å². The first-order chi connectivity index (χ1) is 5.86. The van der Waals surface area contributed by atoms with E-state index >= 15 is 0 Å². The summed E-state index contributed by atoms with van der Waals surface area (Å²) in [4.78, 5) is 22.0. The average molecular weight is 186 g/mol. The topological polar surface area (TPSA) is 54.4 Å². The highest BCUT2D eigenvalue weighted by Gasteiger charge is 2.25. The number of carboxylic acid groups (broad SMARTS) is 1. The van der Waals surface area contributed by atoms with Crippen molar-refractivity contribution in [3.63, 3.8) is 0 Å². The van der Waals surface area contributed by atoms with Gasteiger partial charge in [-0.25, -0.2) is 0 Å². The Kier molecular flexibility index (Phi) is 4.67. The second-order valence-electron chi connectivity index (χ2n) is 3.98. The fraction of sp³-hybridized carbons (Fsp3) is 0.800. The first kappa shape index (κ1) is 12.1. The molecule has 0 aliphatic carbocycles. The standard InChI is InChI=1S/C10H18O3/c1-6(2)5-9(11)7(3)8(4)10(12)13/h6-8H,5H2,1-4H3,(H,12,13). The molecule has 0 aliphatic rings. The van der Waals surface area contributed by atoms with Crippen LogP contribution >= 0.6 is 0 Å². The third-order valence-electron chi connectivity index (χ3n) is 2.26. The number of rotatable bonds is 5. The Morgan fingerprint density at radius 1 is 1.08 bits per heavy atom. The van der Waals surface area contributed by atoms with Gasteiger partial charge in [0.05, 0.1) is 5.92 Å². The maximum Gasteiger partial charge on any atom is 0.306 e.